The number of halogens is 1. The van der Waals surface area contributed by atoms with E-state index in [2.05, 4.69) is 27.1 Å². The molecule has 1 N–H and O–H groups in total. The smallest absolute Gasteiger partial charge is 0.236 e. The van der Waals surface area contributed by atoms with Crippen molar-refractivity contribution in [1.82, 2.24) is 19.7 Å². The largest absolute Gasteiger partial charge is 0.301 e. The lowest BCUT2D eigenvalue weighted by molar-refractivity contribution is -0.113. The van der Waals surface area contributed by atoms with Gasteiger partial charge >= 0.3 is 0 Å². The number of aromatic nitrogens is 4. The number of nitrogens with one attached hydrogen (secondary N) is 1. The molecule has 0 spiro atoms. The van der Waals surface area contributed by atoms with Gasteiger partial charge in [-0.05, 0) is 17.7 Å². The highest BCUT2D eigenvalue weighted by Gasteiger charge is 2.14. The van der Waals surface area contributed by atoms with Crippen LogP contribution in [0.15, 0.2) is 53.7 Å². The Morgan fingerprint density at radius 2 is 2.11 bits per heavy atom. The van der Waals surface area contributed by atoms with Gasteiger partial charge in [-0.25, -0.2) is 4.98 Å². The monoisotopic (exact) mass is 451 g/mol. The van der Waals surface area contributed by atoms with E-state index in [0.717, 1.165) is 22.4 Å². The van der Waals surface area contributed by atoms with Gasteiger partial charge in [0, 0.05) is 28.9 Å². The highest BCUT2D eigenvalue weighted by atomic mass is 35.5. The molecule has 0 radical (unpaired) electrons. The maximum Gasteiger partial charge on any atom is 0.236 e. The lowest BCUT2D eigenvalue weighted by Gasteiger charge is -2.08. The second-order valence-electron chi connectivity index (χ2n) is 5.59. The molecule has 146 valence electrons. The summed E-state index contributed by atoms with van der Waals surface area (Å²) in [7, 11) is 0. The quantitative estimate of drug-likeness (QED) is 0.354. The van der Waals surface area contributed by atoms with E-state index in [9.17, 15) is 4.79 Å². The number of thiazole rings is 1. The number of nitrogens with zero attached hydrogens (tertiary/aromatic N) is 4. The van der Waals surface area contributed by atoms with Crippen molar-refractivity contribution in [2.75, 3.05) is 11.1 Å². The molecule has 3 aromatic rings. The lowest BCUT2D eigenvalue weighted by atomic mass is 10.2. The van der Waals surface area contributed by atoms with Gasteiger partial charge in [0.2, 0.25) is 5.91 Å². The van der Waals surface area contributed by atoms with Crippen molar-refractivity contribution in [2.45, 2.75) is 23.2 Å². The number of rotatable bonds is 10. The number of hydrogen-bond donors (Lipinski definition) is 1. The predicted molar refractivity (Wildman–Crippen MR) is 118 cm³/mol. The third-order valence-electron chi connectivity index (χ3n) is 3.53. The summed E-state index contributed by atoms with van der Waals surface area (Å²) in [6.45, 7) is 4.41. The van der Waals surface area contributed by atoms with E-state index >= 15 is 0 Å². The minimum atomic E-state index is -0.119. The minimum absolute atomic E-state index is 0.119. The van der Waals surface area contributed by atoms with E-state index in [1.54, 1.807) is 24.0 Å². The summed E-state index contributed by atoms with van der Waals surface area (Å²) in [5.74, 6) is 2.56. The molecule has 0 unspecified atom stereocenters. The zero-order valence-corrected chi connectivity index (χ0v) is 18.1. The van der Waals surface area contributed by atoms with Crippen molar-refractivity contribution in [3.8, 4) is 0 Å². The first-order valence-electron chi connectivity index (χ1n) is 8.33. The lowest BCUT2D eigenvalue weighted by Crippen LogP contribution is -2.14. The SMILES string of the molecule is C=CCn1c(CSCc2ccc(Cl)cc2)nnc1SCC(=O)Nc1nccs1. The standard InChI is InChI=1S/C18H18ClN5OS3/c1-2-8-24-15(11-26-10-13-3-5-14(19)6-4-13)22-23-18(24)28-12-16(25)21-17-20-7-9-27-17/h2-7,9H,1,8,10-12H2,(H,20,21,25). The van der Waals surface area contributed by atoms with Gasteiger partial charge in [-0.3, -0.25) is 4.79 Å². The van der Waals surface area contributed by atoms with Gasteiger partial charge in [0.15, 0.2) is 10.3 Å². The van der Waals surface area contributed by atoms with E-state index < -0.39 is 0 Å². The van der Waals surface area contributed by atoms with Crippen LogP contribution in [-0.2, 0) is 22.8 Å². The van der Waals surface area contributed by atoms with Crippen molar-refractivity contribution < 1.29 is 4.79 Å². The maximum absolute atomic E-state index is 12.1. The first kappa shape index (κ1) is 20.9. The van der Waals surface area contributed by atoms with E-state index in [-0.39, 0.29) is 11.7 Å². The molecule has 1 amide bonds. The number of hydrogen-bond acceptors (Lipinski definition) is 7. The molecule has 0 atom stereocenters. The summed E-state index contributed by atoms with van der Waals surface area (Å²) in [4.78, 5) is 16.1. The van der Waals surface area contributed by atoms with Crippen molar-refractivity contribution in [3.05, 3.63) is 64.9 Å². The van der Waals surface area contributed by atoms with E-state index in [1.165, 1.54) is 28.7 Å². The molecule has 0 aliphatic carbocycles. The molecule has 0 saturated carbocycles. The molecule has 0 aliphatic rings. The second kappa shape index (κ2) is 10.7. The van der Waals surface area contributed by atoms with Crippen LogP contribution in [0.1, 0.15) is 11.4 Å². The molecule has 3 rings (SSSR count). The van der Waals surface area contributed by atoms with Crippen LogP contribution in [0.5, 0.6) is 0 Å². The number of carbonyl (C=O) groups is 1. The summed E-state index contributed by atoms with van der Waals surface area (Å²) in [6.07, 6.45) is 3.46. The number of allylic oxidation sites excluding steroid dienone is 1. The average molecular weight is 452 g/mol. The number of amides is 1. The van der Waals surface area contributed by atoms with Crippen LogP contribution in [0.3, 0.4) is 0 Å². The number of anilines is 1. The summed E-state index contributed by atoms with van der Waals surface area (Å²) >= 11 is 10.4. The first-order chi connectivity index (χ1) is 13.7. The Labute approximate surface area is 180 Å². The predicted octanol–water partition coefficient (Wildman–Crippen LogP) is 4.74. The van der Waals surface area contributed by atoms with Gasteiger partial charge < -0.3 is 9.88 Å². The van der Waals surface area contributed by atoms with Crippen LogP contribution < -0.4 is 5.32 Å². The Bertz CT molecular complexity index is 912. The molecular weight excluding hydrogens is 434 g/mol. The van der Waals surface area contributed by atoms with E-state index in [4.69, 9.17) is 11.6 Å². The molecule has 2 heterocycles. The Hall–Kier alpha value is -1.81. The maximum atomic E-state index is 12.1. The average Bonchev–Trinajstić information content (AvgIpc) is 3.33. The molecule has 0 saturated heterocycles. The van der Waals surface area contributed by atoms with Crippen LogP contribution in [-0.4, -0.2) is 31.4 Å². The van der Waals surface area contributed by atoms with Crippen LogP contribution in [0.2, 0.25) is 5.02 Å². The molecular formula is C18H18ClN5OS3. The summed E-state index contributed by atoms with van der Waals surface area (Å²) in [5, 5.41) is 15.2. The minimum Gasteiger partial charge on any atom is -0.301 e. The zero-order chi connectivity index (χ0) is 19.8. The van der Waals surface area contributed by atoms with Crippen molar-refractivity contribution in [1.29, 1.82) is 0 Å². The highest BCUT2D eigenvalue weighted by Crippen LogP contribution is 2.23. The first-order valence-corrected chi connectivity index (χ1v) is 11.7. The van der Waals surface area contributed by atoms with Gasteiger partial charge in [-0.1, -0.05) is 41.6 Å². The molecule has 0 fully saturated rings. The highest BCUT2D eigenvalue weighted by molar-refractivity contribution is 7.99. The molecule has 10 heteroatoms. The fraction of sp³-hybridized carbons (Fsp3) is 0.222. The number of carbonyl (C=O) groups excluding carboxylic acids is 1. The van der Waals surface area contributed by atoms with Crippen LogP contribution in [0.4, 0.5) is 5.13 Å². The third-order valence-corrected chi connectivity index (χ3v) is 6.44. The van der Waals surface area contributed by atoms with Crippen LogP contribution in [0.25, 0.3) is 0 Å². The topological polar surface area (TPSA) is 72.7 Å². The molecule has 6 nitrogen and oxygen atoms in total. The number of thioether (sulfide) groups is 2. The van der Waals surface area contributed by atoms with Gasteiger partial charge in [0.25, 0.3) is 0 Å². The van der Waals surface area contributed by atoms with Gasteiger partial charge in [0.1, 0.15) is 5.82 Å². The van der Waals surface area contributed by atoms with Crippen molar-refractivity contribution in [3.63, 3.8) is 0 Å². The number of benzene rings is 1. The molecule has 1 aromatic carbocycles. The van der Waals surface area contributed by atoms with Crippen LogP contribution >= 0.6 is 46.5 Å². The third kappa shape index (κ3) is 6.10. The summed E-state index contributed by atoms with van der Waals surface area (Å²) in [5.41, 5.74) is 1.21. The Morgan fingerprint density at radius 3 is 2.82 bits per heavy atom. The van der Waals surface area contributed by atoms with E-state index in [1.807, 2.05) is 34.2 Å². The van der Waals surface area contributed by atoms with Crippen molar-refractivity contribution >= 4 is 57.5 Å². The Morgan fingerprint density at radius 1 is 1.29 bits per heavy atom. The van der Waals surface area contributed by atoms with Crippen molar-refractivity contribution in [2.24, 2.45) is 0 Å². The van der Waals surface area contributed by atoms with E-state index in [0.29, 0.717) is 16.8 Å². The summed E-state index contributed by atoms with van der Waals surface area (Å²) < 4.78 is 1.99. The zero-order valence-electron chi connectivity index (χ0n) is 14.9. The normalized spacial score (nSPS) is 10.8. The molecule has 2 aromatic heterocycles. The molecule has 0 bridgehead atoms. The second-order valence-corrected chi connectivity index (χ2v) is 8.85. The summed E-state index contributed by atoms with van der Waals surface area (Å²) in [6, 6.07) is 7.82. The van der Waals surface area contributed by atoms with Gasteiger partial charge in [0.05, 0.1) is 11.5 Å². The fourth-order valence-corrected chi connectivity index (χ4v) is 4.62. The Balaban J connectivity index is 1.55. The van der Waals surface area contributed by atoms with Gasteiger partial charge in [-0.2, -0.15) is 0 Å². The van der Waals surface area contributed by atoms with Gasteiger partial charge in [-0.15, -0.1) is 39.9 Å². The van der Waals surface area contributed by atoms with Crippen LogP contribution in [0, 0.1) is 0 Å². The molecule has 0 aliphatic heterocycles. The fourth-order valence-electron chi connectivity index (χ4n) is 2.26. The molecule has 28 heavy (non-hydrogen) atoms. The Kier molecular flexibility index (Phi) is 7.96.